The zero-order valence-corrected chi connectivity index (χ0v) is 20.4. The monoisotopic (exact) mass is 453 g/mol. The molecule has 34 heavy (non-hydrogen) atoms. The lowest BCUT2D eigenvalue weighted by Gasteiger charge is -2.29. The van der Waals surface area contributed by atoms with Gasteiger partial charge in [-0.15, -0.1) is 0 Å². The first-order chi connectivity index (χ1) is 16.5. The average molecular weight is 454 g/mol. The van der Waals surface area contributed by atoms with E-state index in [1.807, 2.05) is 25.0 Å². The molecule has 1 fully saturated rings. The van der Waals surface area contributed by atoms with Gasteiger partial charge in [0.25, 0.3) is 0 Å². The van der Waals surface area contributed by atoms with Crippen LogP contribution in [0.15, 0.2) is 65.3 Å². The maximum atomic E-state index is 13.0. The summed E-state index contributed by atoms with van der Waals surface area (Å²) in [7, 11) is 1.67. The fraction of sp³-hybridized carbons (Fsp3) is 0.300. The lowest BCUT2D eigenvalue weighted by atomic mass is 9.94. The summed E-state index contributed by atoms with van der Waals surface area (Å²) in [5.41, 5.74) is 5.75. The second-order valence-corrected chi connectivity index (χ2v) is 9.47. The number of rotatable bonds is 4. The number of carbonyl (C=O) groups excluding carboxylic acids is 1. The first-order valence-corrected chi connectivity index (χ1v) is 12.0. The summed E-state index contributed by atoms with van der Waals surface area (Å²) in [6.07, 6.45) is 5.73. The van der Waals surface area contributed by atoms with Crippen LogP contribution >= 0.6 is 0 Å². The van der Waals surface area contributed by atoms with Crippen LogP contribution in [0.25, 0.3) is 38.4 Å². The Morgan fingerprint density at radius 2 is 1.79 bits per heavy atom. The van der Waals surface area contributed by atoms with Crippen LogP contribution in [-0.2, 0) is 4.79 Å². The van der Waals surface area contributed by atoms with Gasteiger partial charge in [-0.1, -0.05) is 49.4 Å². The smallest absolute Gasteiger partial charge is 0.246 e. The van der Waals surface area contributed by atoms with Crippen molar-refractivity contribution >= 4 is 33.2 Å². The molecular weight excluding hydrogens is 422 g/mol. The third-order valence-corrected chi connectivity index (χ3v) is 7.19. The topological polar surface area (TPSA) is 42.7 Å². The van der Waals surface area contributed by atoms with Gasteiger partial charge < -0.3 is 14.1 Å². The van der Waals surface area contributed by atoms with Crippen LogP contribution in [0.3, 0.4) is 0 Å². The molecule has 0 unspecified atom stereocenters. The predicted octanol–water partition coefficient (Wildman–Crippen LogP) is 7.23. The minimum Gasteiger partial charge on any atom is -0.496 e. The van der Waals surface area contributed by atoms with Gasteiger partial charge in [-0.05, 0) is 60.6 Å². The molecule has 4 heteroatoms. The molecular formula is C30H31NO3. The number of ether oxygens (including phenoxy) is 1. The number of amides is 1. The van der Waals surface area contributed by atoms with E-state index in [-0.39, 0.29) is 5.91 Å². The number of aryl methyl sites for hydroxylation is 1. The molecule has 1 saturated heterocycles. The fourth-order valence-electron chi connectivity index (χ4n) is 5.12. The number of hydrogen-bond acceptors (Lipinski definition) is 3. The largest absolute Gasteiger partial charge is 0.496 e. The first-order valence-electron chi connectivity index (χ1n) is 12.0. The molecule has 1 aromatic heterocycles. The standard InChI is InChI=1S/C30H31NO3/c1-19-12-14-31(15-13-19)28(32)16-20(2)25-17-26-27(18-34-30(26)21(3)29(25)33-4)24-11-7-9-22-8-5-6-10-23(22)24/h5-11,16-19H,12-15H2,1-4H3/b20-16+. The van der Waals surface area contributed by atoms with E-state index in [0.717, 1.165) is 70.5 Å². The predicted molar refractivity (Wildman–Crippen MR) is 139 cm³/mol. The molecule has 3 aromatic carbocycles. The summed E-state index contributed by atoms with van der Waals surface area (Å²) in [5.74, 6) is 1.51. The number of nitrogens with zero attached hydrogens (tertiary/aromatic N) is 1. The Hall–Kier alpha value is -3.53. The Balaban J connectivity index is 1.62. The minimum absolute atomic E-state index is 0.0747. The molecule has 4 aromatic rings. The van der Waals surface area contributed by atoms with Crippen molar-refractivity contribution in [2.75, 3.05) is 20.2 Å². The third kappa shape index (κ3) is 3.87. The molecule has 0 aliphatic carbocycles. The van der Waals surface area contributed by atoms with E-state index in [1.165, 1.54) is 10.8 Å². The van der Waals surface area contributed by atoms with Crippen molar-refractivity contribution in [3.63, 3.8) is 0 Å². The number of benzene rings is 3. The van der Waals surface area contributed by atoms with Crippen molar-refractivity contribution < 1.29 is 13.9 Å². The summed E-state index contributed by atoms with van der Waals surface area (Å²) in [6.45, 7) is 7.91. The molecule has 1 amide bonds. The van der Waals surface area contributed by atoms with Crippen LogP contribution in [-0.4, -0.2) is 31.0 Å². The summed E-state index contributed by atoms with van der Waals surface area (Å²) >= 11 is 0. The summed E-state index contributed by atoms with van der Waals surface area (Å²) < 4.78 is 11.9. The molecule has 1 aliphatic rings. The maximum Gasteiger partial charge on any atom is 0.246 e. The highest BCUT2D eigenvalue weighted by Crippen LogP contribution is 2.42. The fourth-order valence-corrected chi connectivity index (χ4v) is 5.12. The molecule has 4 nitrogen and oxygen atoms in total. The lowest BCUT2D eigenvalue weighted by Crippen LogP contribution is -2.36. The Bertz CT molecular complexity index is 1400. The summed E-state index contributed by atoms with van der Waals surface area (Å²) in [6, 6.07) is 16.8. The van der Waals surface area contributed by atoms with Crippen LogP contribution in [0.5, 0.6) is 5.75 Å². The number of fused-ring (bicyclic) bond motifs is 2. The number of likely N-dealkylation sites (tertiary alicyclic amines) is 1. The second-order valence-electron chi connectivity index (χ2n) is 9.47. The van der Waals surface area contributed by atoms with E-state index in [0.29, 0.717) is 5.92 Å². The van der Waals surface area contributed by atoms with Crippen molar-refractivity contribution in [3.05, 3.63) is 72.0 Å². The van der Waals surface area contributed by atoms with E-state index in [1.54, 1.807) is 13.2 Å². The third-order valence-electron chi connectivity index (χ3n) is 7.19. The Labute approximate surface area is 200 Å². The molecule has 0 atom stereocenters. The molecule has 0 spiro atoms. The van der Waals surface area contributed by atoms with Gasteiger partial charge in [-0.3, -0.25) is 4.79 Å². The molecule has 1 aliphatic heterocycles. The highest BCUT2D eigenvalue weighted by molar-refractivity contribution is 6.07. The Kier molecular flexibility index (Phi) is 5.91. The van der Waals surface area contributed by atoms with Crippen LogP contribution < -0.4 is 4.74 Å². The average Bonchev–Trinajstić information content (AvgIpc) is 3.28. The van der Waals surface area contributed by atoms with E-state index in [4.69, 9.17) is 9.15 Å². The zero-order valence-electron chi connectivity index (χ0n) is 20.4. The minimum atomic E-state index is 0.0747. The molecule has 0 N–H and O–H groups in total. The molecule has 0 radical (unpaired) electrons. The Morgan fingerprint density at radius 3 is 2.56 bits per heavy atom. The van der Waals surface area contributed by atoms with Gasteiger partial charge in [-0.2, -0.15) is 0 Å². The number of carbonyl (C=O) groups is 1. The van der Waals surface area contributed by atoms with Crippen molar-refractivity contribution in [1.29, 1.82) is 0 Å². The van der Waals surface area contributed by atoms with Gasteiger partial charge in [0.1, 0.15) is 11.3 Å². The molecule has 2 heterocycles. The molecule has 0 saturated carbocycles. The number of methoxy groups -OCH3 is 1. The SMILES string of the molecule is COc1c(/C(C)=C/C(=O)N2CCC(C)CC2)cc2c(-c3cccc4ccccc34)coc2c1C. The van der Waals surface area contributed by atoms with Gasteiger partial charge in [0, 0.05) is 41.2 Å². The first kappa shape index (κ1) is 22.3. The number of allylic oxidation sites excluding steroid dienone is 1. The van der Waals surface area contributed by atoms with Gasteiger partial charge in [0.15, 0.2) is 0 Å². The van der Waals surface area contributed by atoms with E-state index < -0.39 is 0 Å². The van der Waals surface area contributed by atoms with E-state index in [2.05, 4.69) is 55.5 Å². The van der Waals surface area contributed by atoms with E-state index >= 15 is 0 Å². The molecule has 0 bridgehead atoms. The Morgan fingerprint density at radius 1 is 1.06 bits per heavy atom. The highest BCUT2D eigenvalue weighted by Gasteiger charge is 2.22. The van der Waals surface area contributed by atoms with Crippen LogP contribution in [0.2, 0.25) is 0 Å². The highest BCUT2D eigenvalue weighted by atomic mass is 16.5. The van der Waals surface area contributed by atoms with Crippen molar-refractivity contribution in [2.45, 2.75) is 33.6 Å². The zero-order chi connectivity index (χ0) is 23.8. The number of furan rings is 1. The summed E-state index contributed by atoms with van der Waals surface area (Å²) in [4.78, 5) is 15.0. The van der Waals surface area contributed by atoms with Crippen LogP contribution in [0, 0.1) is 12.8 Å². The summed E-state index contributed by atoms with van der Waals surface area (Å²) in [5, 5.41) is 3.40. The van der Waals surface area contributed by atoms with Crippen molar-refractivity contribution in [1.82, 2.24) is 4.90 Å². The van der Waals surface area contributed by atoms with Gasteiger partial charge in [0.05, 0.1) is 13.4 Å². The van der Waals surface area contributed by atoms with Crippen LogP contribution in [0.4, 0.5) is 0 Å². The van der Waals surface area contributed by atoms with Gasteiger partial charge in [0.2, 0.25) is 5.91 Å². The van der Waals surface area contributed by atoms with E-state index in [9.17, 15) is 4.79 Å². The second kappa shape index (κ2) is 9.02. The van der Waals surface area contributed by atoms with Gasteiger partial charge >= 0.3 is 0 Å². The maximum absolute atomic E-state index is 13.0. The quantitative estimate of drug-likeness (QED) is 0.306. The number of hydrogen-bond donors (Lipinski definition) is 0. The molecule has 5 rings (SSSR count). The van der Waals surface area contributed by atoms with Gasteiger partial charge in [-0.25, -0.2) is 0 Å². The number of piperidine rings is 1. The normalized spacial score (nSPS) is 15.3. The lowest BCUT2D eigenvalue weighted by molar-refractivity contribution is -0.127. The van der Waals surface area contributed by atoms with Crippen molar-refractivity contribution in [3.8, 4) is 16.9 Å². The molecule has 174 valence electrons. The van der Waals surface area contributed by atoms with Crippen molar-refractivity contribution in [2.24, 2.45) is 5.92 Å². The van der Waals surface area contributed by atoms with Crippen LogP contribution in [0.1, 0.15) is 37.8 Å².